The Kier molecular flexibility index (Phi) is 9.76. The minimum Gasteiger partial charge on any atom is -0.469 e. The van der Waals surface area contributed by atoms with Crippen LogP contribution in [-0.2, 0) is 16.8 Å². The van der Waals surface area contributed by atoms with Crippen molar-refractivity contribution in [3.8, 4) is 0 Å². The Hall–Kier alpha value is -1.10. The Morgan fingerprint density at radius 2 is 2.21 bits per heavy atom. The predicted octanol–water partition coefficient (Wildman–Crippen LogP) is 3.51. The first-order valence-corrected chi connectivity index (χ1v) is 10.4. The van der Waals surface area contributed by atoms with Crippen LogP contribution in [-0.4, -0.2) is 43.4 Å². The summed E-state index contributed by atoms with van der Waals surface area (Å²) in [5.74, 6) is 1.62. The molecule has 0 radical (unpaired) electrons. The van der Waals surface area contributed by atoms with Crippen molar-refractivity contribution in [2.45, 2.75) is 44.3 Å². The van der Waals surface area contributed by atoms with E-state index in [0.29, 0.717) is 19.0 Å². The molecule has 1 saturated heterocycles. The fourth-order valence-electron chi connectivity index (χ4n) is 3.01. The summed E-state index contributed by atoms with van der Waals surface area (Å²) < 4.78 is 11.2. The van der Waals surface area contributed by atoms with Gasteiger partial charge in [-0.25, -0.2) is 4.99 Å². The molecule has 0 saturated carbocycles. The van der Waals surface area contributed by atoms with Crippen LogP contribution in [0.4, 0.5) is 0 Å². The van der Waals surface area contributed by atoms with Gasteiger partial charge in [-0.1, -0.05) is 6.07 Å². The second-order valence-corrected chi connectivity index (χ2v) is 7.99. The van der Waals surface area contributed by atoms with Gasteiger partial charge in [0.2, 0.25) is 0 Å². The third-order valence-corrected chi connectivity index (χ3v) is 5.74. The Morgan fingerprint density at radius 3 is 2.89 bits per heavy atom. The topological polar surface area (TPSA) is 79.0 Å². The third kappa shape index (κ3) is 7.38. The second kappa shape index (κ2) is 11.8. The van der Waals surface area contributed by atoms with Crippen LogP contribution in [0.3, 0.4) is 0 Å². The second-order valence-electron chi connectivity index (χ2n) is 7.04. The largest absolute Gasteiger partial charge is 0.469 e. The molecule has 28 heavy (non-hydrogen) atoms. The van der Waals surface area contributed by atoms with E-state index >= 15 is 0 Å². The maximum atomic E-state index is 10.7. The molecule has 1 aliphatic heterocycles. The lowest BCUT2D eigenvalue weighted by Crippen LogP contribution is -2.44. The molecule has 2 unspecified atom stereocenters. The molecular formula is C20H30IN3O3S. The van der Waals surface area contributed by atoms with Crippen molar-refractivity contribution in [3.63, 3.8) is 0 Å². The minimum absolute atomic E-state index is 0. The standard InChI is InChI=1S/C20H29N3O3S.HI/c1-20(24,18-8-5-13-27-18)15-23-19(21-10-9-16-7-4-12-25-16)22-14-17-6-2-3-11-26-17;/h4-5,7-8,12-13,17,24H,2-3,6,9-11,14-15H2,1H3,(H2,21,22,23);1H. The van der Waals surface area contributed by atoms with Crippen molar-refractivity contribution in [3.05, 3.63) is 46.5 Å². The molecule has 0 bridgehead atoms. The van der Waals surface area contributed by atoms with Gasteiger partial charge in [-0.3, -0.25) is 0 Å². The summed E-state index contributed by atoms with van der Waals surface area (Å²) in [6.45, 7) is 4.33. The number of nitrogens with one attached hydrogen (secondary N) is 2. The lowest BCUT2D eigenvalue weighted by atomic mass is 10.1. The van der Waals surface area contributed by atoms with Gasteiger partial charge >= 0.3 is 0 Å². The van der Waals surface area contributed by atoms with Crippen LogP contribution < -0.4 is 10.6 Å². The SMILES string of the molecule is CC(O)(CN=C(NCCc1ccco1)NCC1CCCCO1)c1cccs1.I. The summed E-state index contributed by atoms with van der Waals surface area (Å²) in [7, 11) is 0. The fraction of sp³-hybridized carbons (Fsp3) is 0.550. The van der Waals surface area contributed by atoms with Gasteiger partial charge in [0.25, 0.3) is 0 Å². The van der Waals surface area contributed by atoms with Gasteiger partial charge < -0.3 is 24.9 Å². The van der Waals surface area contributed by atoms with E-state index in [1.54, 1.807) is 24.5 Å². The van der Waals surface area contributed by atoms with Crippen LogP contribution in [0.15, 0.2) is 45.3 Å². The van der Waals surface area contributed by atoms with Crippen LogP contribution in [0.25, 0.3) is 0 Å². The zero-order chi connectivity index (χ0) is 19.0. The van der Waals surface area contributed by atoms with Gasteiger partial charge in [0, 0.05) is 31.0 Å². The van der Waals surface area contributed by atoms with Gasteiger partial charge in [0.15, 0.2) is 5.96 Å². The summed E-state index contributed by atoms with van der Waals surface area (Å²) in [6.07, 6.45) is 6.09. The normalized spacial score (nSPS) is 19.5. The van der Waals surface area contributed by atoms with E-state index in [4.69, 9.17) is 9.15 Å². The van der Waals surface area contributed by atoms with Crippen molar-refractivity contribution < 1.29 is 14.3 Å². The van der Waals surface area contributed by atoms with Crippen LogP contribution in [0.2, 0.25) is 0 Å². The van der Waals surface area contributed by atoms with Gasteiger partial charge in [0.05, 0.1) is 18.9 Å². The highest BCUT2D eigenvalue weighted by molar-refractivity contribution is 14.0. The van der Waals surface area contributed by atoms with Crippen molar-refractivity contribution in [2.24, 2.45) is 4.99 Å². The van der Waals surface area contributed by atoms with Gasteiger partial charge in [0.1, 0.15) is 11.4 Å². The molecule has 6 nitrogen and oxygen atoms in total. The number of guanidine groups is 1. The summed E-state index contributed by atoms with van der Waals surface area (Å²) >= 11 is 1.54. The summed E-state index contributed by atoms with van der Waals surface area (Å²) in [5.41, 5.74) is -0.981. The van der Waals surface area contributed by atoms with Crippen LogP contribution >= 0.6 is 35.3 Å². The average Bonchev–Trinajstić information content (AvgIpc) is 3.38. The summed E-state index contributed by atoms with van der Waals surface area (Å²) in [4.78, 5) is 5.53. The van der Waals surface area contributed by atoms with Crippen LogP contribution in [0.5, 0.6) is 0 Å². The maximum Gasteiger partial charge on any atom is 0.191 e. The number of furan rings is 1. The number of halogens is 1. The first-order chi connectivity index (χ1) is 13.1. The Morgan fingerprint density at radius 1 is 1.32 bits per heavy atom. The average molecular weight is 519 g/mol. The van der Waals surface area contributed by atoms with E-state index in [1.165, 1.54) is 6.42 Å². The first kappa shape index (κ1) is 23.2. The highest BCUT2D eigenvalue weighted by Crippen LogP contribution is 2.25. The van der Waals surface area contributed by atoms with E-state index in [-0.39, 0.29) is 36.6 Å². The molecule has 0 aromatic carbocycles. The fourth-order valence-corrected chi connectivity index (χ4v) is 3.79. The highest BCUT2D eigenvalue weighted by Gasteiger charge is 2.24. The molecule has 156 valence electrons. The molecule has 2 aromatic rings. The van der Waals surface area contributed by atoms with Gasteiger partial charge in [-0.15, -0.1) is 35.3 Å². The molecule has 0 aliphatic carbocycles. The number of nitrogens with zero attached hydrogens (tertiary/aromatic N) is 1. The molecule has 0 spiro atoms. The minimum atomic E-state index is -0.981. The van der Waals surface area contributed by atoms with E-state index in [0.717, 1.165) is 36.5 Å². The first-order valence-electron chi connectivity index (χ1n) is 9.56. The molecule has 3 N–H and O–H groups in total. The van der Waals surface area contributed by atoms with Crippen molar-refractivity contribution >= 4 is 41.3 Å². The molecule has 3 rings (SSSR count). The van der Waals surface area contributed by atoms with Crippen molar-refractivity contribution in [1.82, 2.24) is 10.6 Å². The van der Waals surface area contributed by atoms with Crippen molar-refractivity contribution in [1.29, 1.82) is 0 Å². The number of ether oxygens (including phenoxy) is 1. The van der Waals surface area contributed by atoms with E-state index in [2.05, 4.69) is 15.6 Å². The van der Waals surface area contributed by atoms with Crippen LogP contribution in [0, 0.1) is 0 Å². The number of thiophene rings is 1. The number of hydrogen-bond acceptors (Lipinski definition) is 5. The molecule has 8 heteroatoms. The summed E-state index contributed by atoms with van der Waals surface area (Å²) in [5, 5.41) is 19.4. The summed E-state index contributed by atoms with van der Waals surface area (Å²) in [6, 6.07) is 7.73. The Bertz CT molecular complexity index is 684. The number of hydrogen-bond donors (Lipinski definition) is 3. The lowest BCUT2D eigenvalue weighted by molar-refractivity contribution is 0.0194. The quantitative estimate of drug-likeness (QED) is 0.283. The zero-order valence-electron chi connectivity index (χ0n) is 16.2. The Balaban J connectivity index is 0.00000280. The van der Waals surface area contributed by atoms with E-state index < -0.39 is 5.60 Å². The number of rotatable bonds is 8. The van der Waals surface area contributed by atoms with Crippen molar-refractivity contribution in [2.75, 3.05) is 26.2 Å². The van der Waals surface area contributed by atoms with Crippen LogP contribution in [0.1, 0.15) is 36.8 Å². The van der Waals surface area contributed by atoms with E-state index in [9.17, 15) is 5.11 Å². The molecule has 1 fully saturated rings. The number of aliphatic imine (C=N–C) groups is 1. The smallest absolute Gasteiger partial charge is 0.191 e. The molecule has 2 atom stereocenters. The Labute approximate surface area is 187 Å². The molecule has 0 amide bonds. The lowest BCUT2D eigenvalue weighted by Gasteiger charge is -2.24. The molecule has 1 aliphatic rings. The third-order valence-electron chi connectivity index (χ3n) is 4.61. The molecule has 2 aromatic heterocycles. The van der Waals surface area contributed by atoms with Gasteiger partial charge in [-0.2, -0.15) is 0 Å². The molecule has 3 heterocycles. The van der Waals surface area contributed by atoms with E-state index in [1.807, 2.05) is 29.6 Å². The zero-order valence-corrected chi connectivity index (χ0v) is 19.4. The van der Waals surface area contributed by atoms with Gasteiger partial charge in [-0.05, 0) is 49.8 Å². The monoisotopic (exact) mass is 519 g/mol. The number of aliphatic hydroxyl groups is 1. The maximum absolute atomic E-state index is 10.7. The highest BCUT2D eigenvalue weighted by atomic mass is 127. The predicted molar refractivity (Wildman–Crippen MR) is 124 cm³/mol. The molecular weight excluding hydrogens is 489 g/mol.